The summed E-state index contributed by atoms with van der Waals surface area (Å²) in [5.74, 6) is -0.110. The molecule has 5 rings (SSSR count). The molecule has 0 aliphatic heterocycles. The lowest BCUT2D eigenvalue weighted by atomic mass is 10.1. The number of benzene rings is 2. The molecule has 7 heteroatoms. The summed E-state index contributed by atoms with van der Waals surface area (Å²) >= 11 is 0. The second-order valence-electron chi connectivity index (χ2n) is 7.15. The molecule has 152 valence electrons. The Morgan fingerprint density at radius 2 is 1.81 bits per heavy atom. The third kappa shape index (κ3) is 3.69. The van der Waals surface area contributed by atoms with E-state index in [-0.39, 0.29) is 23.8 Å². The largest absolute Gasteiger partial charge is 0.451 e. The lowest BCUT2D eigenvalue weighted by molar-refractivity contribution is 0.0925. The molecule has 0 atom stereocenters. The number of hydrogen-bond acceptors (Lipinski definition) is 5. The van der Waals surface area contributed by atoms with E-state index in [2.05, 4.69) is 15.4 Å². The number of para-hydroxylation sites is 1. The number of amides is 1. The maximum Gasteiger partial charge on any atom is 0.287 e. The van der Waals surface area contributed by atoms with Crippen molar-refractivity contribution in [3.63, 3.8) is 0 Å². The van der Waals surface area contributed by atoms with Crippen molar-refractivity contribution in [1.82, 2.24) is 20.1 Å². The molecule has 5 aromatic rings. The number of aromatic nitrogens is 3. The molecule has 1 amide bonds. The summed E-state index contributed by atoms with van der Waals surface area (Å²) in [7, 11) is 0. The van der Waals surface area contributed by atoms with Gasteiger partial charge in [-0.1, -0.05) is 42.5 Å². The van der Waals surface area contributed by atoms with E-state index in [0.29, 0.717) is 28.6 Å². The zero-order chi connectivity index (χ0) is 21.2. The van der Waals surface area contributed by atoms with Crippen LogP contribution >= 0.6 is 0 Å². The van der Waals surface area contributed by atoms with Gasteiger partial charge in [0.25, 0.3) is 11.5 Å². The van der Waals surface area contributed by atoms with Crippen molar-refractivity contribution in [1.29, 1.82) is 0 Å². The van der Waals surface area contributed by atoms with Gasteiger partial charge in [-0.2, -0.15) is 5.10 Å². The highest BCUT2D eigenvalue weighted by molar-refractivity contribution is 5.96. The van der Waals surface area contributed by atoms with Crippen LogP contribution in [0.1, 0.15) is 21.8 Å². The first kappa shape index (κ1) is 18.7. The average Bonchev–Trinajstić information content (AvgIpc) is 3.25. The van der Waals surface area contributed by atoms with E-state index in [4.69, 9.17) is 4.42 Å². The van der Waals surface area contributed by atoms with Gasteiger partial charge in [-0.15, -0.1) is 0 Å². The van der Waals surface area contributed by atoms with Crippen LogP contribution < -0.4 is 10.9 Å². The fraction of sp³-hybridized carbons (Fsp3) is 0.0833. The fourth-order valence-electron chi connectivity index (χ4n) is 3.55. The van der Waals surface area contributed by atoms with Crippen LogP contribution in [0.15, 0.2) is 88.3 Å². The quantitative estimate of drug-likeness (QED) is 0.479. The number of hydrogen-bond donors (Lipinski definition) is 1. The van der Waals surface area contributed by atoms with Crippen molar-refractivity contribution >= 4 is 27.6 Å². The van der Waals surface area contributed by atoms with Crippen LogP contribution in [0.5, 0.6) is 0 Å². The topological polar surface area (TPSA) is 90.0 Å². The molecular formula is C24H18N4O3. The van der Waals surface area contributed by atoms with Crippen LogP contribution in [0.4, 0.5) is 0 Å². The lowest BCUT2D eigenvalue weighted by Crippen LogP contribution is -2.28. The van der Waals surface area contributed by atoms with E-state index in [0.717, 1.165) is 10.9 Å². The number of carbonyl (C=O) groups is 1. The Morgan fingerprint density at radius 1 is 1.00 bits per heavy atom. The molecule has 3 heterocycles. The van der Waals surface area contributed by atoms with Crippen LogP contribution in [0.3, 0.4) is 0 Å². The smallest absolute Gasteiger partial charge is 0.287 e. The Balaban J connectivity index is 1.46. The number of rotatable bonds is 5. The number of nitrogens with zero attached hydrogens (tertiary/aromatic N) is 3. The second kappa shape index (κ2) is 7.87. The summed E-state index contributed by atoms with van der Waals surface area (Å²) in [6.07, 6.45) is 3.38. The van der Waals surface area contributed by atoms with Crippen LogP contribution in [-0.4, -0.2) is 20.7 Å². The molecule has 3 aromatic heterocycles. The molecule has 7 nitrogen and oxygen atoms in total. The Hall–Kier alpha value is -4.26. The molecule has 1 N–H and O–H groups in total. The summed E-state index contributed by atoms with van der Waals surface area (Å²) in [5, 5.41) is 9.51. The zero-order valence-corrected chi connectivity index (χ0v) is 16.5. The number of carbonyl (C=O) groups excluding carboxylic acids is 1. The van der Waals surface area contributed by atoms with Crippen molar-refractivity contribution in [2.24, 2.45) is 0 Å². The number of furan rings is 1. The van der Waals surface area contributed by atoms with E-state index in [9.17, 15) is 9.59 Å². The van der Waals surface area contributed by atoms with Gasteiger partial charge in [0.1, 0.15) is 5.58 Å². The molecule has 0 aliphatic carbocycles. The Bertz CT molecular complexity index is 1420. The standard InChI is InChI=1S/C24H18N4O3/c29-23(22-12-17-7-1-4-10-21(17)31-22)26-14-20-18-8-2-3-9-19(18)24(30)28(27-20)15-16-6-5-11-25-13-16/h1-13H,14-15H2,(H,26,29). The number of pyridine rings is 1. The summed E-state index contributed by atoms with van der Waals surface area (Å²) in [6.45, 7) is 0.450. The fourth-order valence-corrected chi connectivity index (χ4v) is 3.55. The minimum absolute atomic E-state index is 0.156. The number of fused-ring (bicyclic) bond motifs is 2. The van der Waals surface area contributed by atoms with Crippen molar-refractivity contribution in [2.75, 3.05) is 0 Å². The second-order valence-corrected chi connectivity index (χ2v) is 7.15. The number of nitrogens with one attached hydrogen (secondary N) is 1. The Kier molecular flexibility index (Phi) is 4.76. The van der Waals surface area contributed by atoms with Gasteiger partial charge < -0.3 is 9.73 Å². The molecule has 2 aromatic carbocycles. The van der Waals surface area contributed by atoms with Gasteiger partial charge in [0.15, 0.2) is 5.76 Å². The highest BCUT2D eigenvalue weighted by atomic mass is 16.3. The van der Waals surface area contributed by atoms with Crippen LogP contribution in [-0.2, 0) is 13.1 Å². The van der Waals surface area contributed by atoms with Crippen LogP contribution in [0, 0.1) is 0 Å². The summed E-state index contributed by atoms with van der Waals surface area (Å²) in [5.41, 5.74) is 1.93. The Morgan fingerprint density at radius 3 is 2.61 bits per heavy atom. The lowest BCUT2D eigenvalue weighted by Gasteiger charge is -2.11. The summed E-state index contributed by atoms with van der Waals surface area (Å²) in [4.78, 5) is 29.7. The molecule has 0 radical (unpaired) electrons. The first-order valence-electron chi connectivity index (χ1n) is 9.83. The molecule has 31 heavy (non-hydrogen) atoms. The van der Waals surface area contributed by atoms with Gasteiger partial charge in [-0.3, -0.25) is 14.6 Å². The summed E-state index contributed by atoms with van der Waals surface area (Å²) < 4.78 is 7.04. The van der Waals surface area contributed by atoms with Crippen molar-refractivity contribution in [3.05, 3.63) is 106 Å². The Labute approximate surface area is 177 Å². The molecular weight excluding hydrogens is 392 g/mol. The monoisotopic (exact) mass is 410 g/mol. The van der Waals surface area contributed by atoms with Crippen LogP contribution in [0.25, 0.3) is 21.7 Å². The minimum atomic E-state index is -0.341. The third-order valence-electron chi connectivity index (χ3n) is 5.07. The zero-order valence-electron chi connectivity index (χ0n) is 16.5. The van der Waals surface area contributed by atoms with Crippen LogP contribution in [0.2, 0.25) is 0 Å². The molecule has 0 spiro atoms. The maximum atomic E-state index is 12.9. The molecule has 0 fully saturated rings. The van der Waals surface area contributed by atoms with Crippen molar-refractivity contribution < 1.29 is 9.21 Å². The molecule has 0 bridgehead atoms. The van der Waals surface area contributed by atoms with Crippen molar-refractivity contribution in [3.8, 4) is 0 Å². The van der Waals surface area contributed by atoms with Gasteiger partial charge in [-0.05, 0) is 29.8 Å². The van der Waals surface area contributed by atoms with Gasteiger partial charge in [0, 0.05) is 23.2 Å². The van der Waals surface area contributed by atoms with E-state index in [1.807, 2.05) is 54.6 Å². The van der Waals surface area contributed by atoms with E-state index >= 15 is 0 Å². The van der Waals surface area contributed by atoms with Gasteiger partial charge in [0.05, 0.1) is 24.2 Å². The highest BCUT2D eigenvalue weighted by Crippen LogP contribution is 2.19. The van der Waals surface area contributed by atoms with Gasteiger partial charge in [-0.25, -0.2) is 4.68 Å². The van der Waals surface area contributed by atoms with Gasteiger partial charge in [0.2, 0.25) is 0 Å². The predicted molar refractivity (Wildman–Crippen MR) is 117 cm³/mol. The first-order valence-corrected chi connectivity index (χ1v) is 9.83. The van der Waals surface area contributed by atoms with Crippen molar-refractivity contribution in [2.45, 2.75) is 13.1 Å². The van der Waals surface area contributed by atoms with E-state index in [1.165, 1.54) is 4.68 Å². The van der Waals surface area contributed by atoms with Gasteiger partial charge >= 0.3 is 0 Å². The molecule has 0 saturated carbocycles. The third-order valence-corrected chi connectivity index (χ3v) is 5.07. The molecule has 0 aliphatic rings. The maximum absolute atomic E-state index is 12.9. The SMILES string of the molecule is O=C(NCc1nn(Cc2cccnc2)c(=O)c2ccccc12)c1cc2ccccc2o1. The first-order chi connectivity index (χ1) is 15.2. The minimum Gasteiger partial charge on any atom is -0.451 e. The highest BCUT2D eigenvalue weighted by Gasteiger charge is 2.15. The molecule has 0 saturated heterocycles. The molecule has 0 unspecified atom stereocenters. The summed E-state index contributed by atoms with van der Waals surface area (Å²) in [6, 6.07) is 20.1. The normalized spacial score (nSPS) is 11.1. The predicted octanol–water partition coefficient (Wildman–Crippen LogP) is 3.52. The average molecular weight is 410 g/mol. The van der Waals surface area contributed by atoms with E-state index < -0.39 is 0 Å². The van der Waals surface area contributed by atoms with E-state index in [1.54, 1.807) is 24.5 Å².